The lowest BCUT2D eigenvalue weighted by atomic mass is 9.48. The van der Waals surface area contributed by atoms with Crippen molar-refractivity contribution in [1.29, 1.82) is 0 Å². The number of Topliss-reactive ketones (excluding diaryl/α,β-unsaturated/α-hetero) is 1. The summed E-state index contributed by atoms with van der Waals surface area (Å²) in [4.78, 5) is 12.4. The first-order chi connectivity index (χ1) is 8.52. The van der Waals surface area contributed by atoms with Crippen molar-refractivity contribution in [2.24, 2.45) is 29.1 Å². The molecule has 0 heterocycles. The molecular formula is C16H26O2. The number of aliphatic hydroxyl groups excluding tert-OH is 1. The zero-order chi connectivity index (χ0) is 12.9. The molecule has 3 saturated carbocycles. The van der Waals surface area contributed by atoms with Gasteiger partial charge < -0.3 is 5.11 Å². The third-order valence-electron chi connectivity index (χ3n) is 6.43. The van der Waals surface area contributed by atoms with Crippen LogP contribution in [0.4, 0.5) is 0 Å². The van der Waals surface area contributed by atoms with Crippen LogP contribution in [0.15, 0.2) is 0 Å². The number of carbonyl (C=O) groups is 1. The van der Waals surface area contributed by atoms with E-state index in [1.807, 2.05) is 0 Å². The molecule has 6 atom stereocenters. The van der Waals surface area contributed by atoms with E-state index in [4.69, 9.17) is 0 Å². The van der Waals surface area contributed by atoms with Crippen LogP contribution >= 0.6 is 0 Å². The summed E-state index contributed by atoms with van der Waals surface area (Å²) < 4.78 is 0. The lowest BCUT2D eigenvalue weighted by molar-refractivity contribution is -0.144. The molecule has 2 heteroatoms. The molecule has 0 saturated heterocycles. The standard InChI is InChI=1S/C16H26O2/c1-10-3-6-14-13(15(10)18)5-4-11-9-12(17)7-8-16(11,14)2/h10-14,17H,3-9H2,1-2H3/t10-,11-,12-,13+,14-,16-/m1/s1. The van der Waals surface area contributed by atoms with Crippen molar-refractivity contribution in [2.75, 3.05) is 0 Å². The van der Waals surface area contributed by atoms with Gasteiger partial charge in [-0.2, -0.15) is 0 Å². The number of carbonyl (C=O) groups excluding carboxylic acids is 1. The summed E-state index contributed by atoms with van der Waals surface area (Å²) in [5.41, 5.74) is 0.331. The normalized spacial score (nSPS) is 52.6. The first-order valence-corrected chi connectivity index (χ1v) is 7.74. The molecule has 0 aromatic carbocycles. The molecule has 3 rings (SSSR count). The molecule has 3 aliphatic carbocycles. The number of aliphatic hydroxyl groups is 1. The Bertz CT molecular complexity index is 351. The average Bonchev–Trinajstić information content (AvgIpc) is 2.34. The number of hydrogen-bond donors (Lipinski definition) is 1. The smallest absolute Gasteiger partial charge is 0.139 e. The fraction of sp³-hybridized carbons (Fsp3) is 0.938. The summed E-state index contributed by atoms with van der Waals surface area (Å²) in [6, 6.07) is 0. The summed E-state index contributed by atoms with van der Waals surface area (Å²) in [6.45, 7) is 4.52. The third kappa shape index (κ3) is 1.76. The van der Waals surface area contributed by atoms with Crippen LogP contribution in [-0.2, 0) is 4.79 Å². The van der Waals surface area contributed by atoms with Gasteiger partial charge in [0.2, 0.25) is 0 Å². The second kappa shape index (κ2) is 4.33. The van der Waals surface area contributed by atoms with Crippen LogP contribution < -0.4 is 0 Å². The van der Waals surface area contributed by atoms with E-state index in [0.717, 1.165) is 38.5 Å². The van der Waals surface area contributed by atoms with Crippen molar-refractivity contribution in [3.05, 3.63) is 0 Å². The van der Waals surface area contributed by atoms with Crippen LogP contribution in [0.3, 0.4) is 0 Å². The van der Waals surface area contributed by atoms with Gasteiger partial charge in [0, 0.05) is 11.8 Å². The van der Waals surface area contributed by atoms with Gasteiger partial charge in [-0.05, 0) is 62.2 Å². The maximum absolute atomic E-state index is 12.4. The zero-order valence-electron chi connectivity index (χ0n) is 11.7. The van der Waals surface area contributed by atoms with Gasteiger partial charge in [-0.15, -0.1) is 0 Å². The number of ketones is 1. The number of hydrogen-bond acceptors (Lipinski definition) is 2. The molecule has 102 valence electrons. The molecule has 2 nitrogen and oxygen atoms in total. The quantitative estimate of drug-likeness (QED) is 0.717. The van der Waals surface area contributed by atoms with E-state index in [0.29, 0.717) is 34.9 Å². The molecule has 0 aliphatic heterocycles. The minimum absolute atomic E-state index is 0.0853. The SMILES string of the molecule is C[C@@H]1CC[C@@H]2[C@H](CC[C@@H]3C[C@H](O)CC[C@]32C)C1=O. The van der Waals surface area contributed by atoms with E-state index in [9.17, 15) is 9.90 Å². The summed E-state index contributed by atoms with van der Waals surface area (Å²) in [5.74, 6) is 2.43. The molecule has 0 amide bonds. The molecule has 18 heavy (non-hydrogen) atoms. The molecule has 0 aromatic heterocycles. The van der Waals surface area contributed by atoms with Gasteiger partial charge in [-0.3, -0.25) is 4.79 Å². The highest BCUT2D eigenvalue weighted by atomic mass is 16.3. The monoisotopic (exact) mass is 250 g/mol. The summed E-state index contributed by atoms with van der Waals surface area (Å²) in [6.07, 6.45) is 7.53. The Kier molecular flexibility index (Phi) is 3.04. The minimum atomic E-state index is -0.0853. The zero-order valence-corrected chi connectivity index (χ0v) is 11.7. The number of rotatable bonds is 0. The Hall–Kier alpha value is -0.370. The van der Waals surface area contributed by atoms with E-state index in [1.165, 1.54) is 6.42 Å². The van der Waals surface area contributed by atoms with Gasteiger partial charge in [-0.1, -0.05) is 13.8 Å². The molecule has 0 spiro atoms. The van der Waals surface area contributed by atoms with E-state index < -0.39 is 0 Å². The van der Waals surface area contributed by atoms with Crippen LogP contribution in [0.5, 0.6) is 0 Å². The van der Waals surface area contributed by atoms with Gasteiger partial charge in [0.15, 0.2) is 0 Å². The van der Waals surface area contributed by atoms with Gasteiger partial charge in [0.05, 0.1) is 6.10 Å². The van der Waals surface area contributed by atoms with Gasteiger partial charge >= 0.3 is 0 Å². The van der Waals surface area contributed by atoms with Crippen molar-refractivity contribution in [2.45, 2.75) is 64.9 Å². The Balaban J connectivity index is 1.86. The highest BCUT2D eigenvalue weighted by molar-refractivity contribution is 5.84. The van der Waals surface area contributed by atoms with Crippen LogP contribution in [0.2, 0.25) is 0 Å². The average molecular weight is 250 g/mol. The molecule has 0 radical (unpaired) electrons. The fourth-order valence-corrected chi connectivity index (χ4v) is 5.18. The highest BCUT2D eigenvalue weighted by Crippen LogP contribution is 2.58. The van der Waals surface area contributed by atoms with Crippen LogP contribution in [0.1, 0.15) is 58.8 Å². The lowest BCUT2D eigenvalue weighted by Crippen LogP contribution is -2.52. The van der Waals surface area contributed by atoms with E-state index in [1.54, 1.807) is 0 Å². The molecular weight excluding hydrogens is 224 g/mol. The van der Waals surface area contributed by atoms with Gasteiger partial charge in [0.1, 0.15) is 5.78 Å². The summed E-state index contributed by atoms with van der Waals surface area (Å²) >= 11 is 0. The Morgan fingerprint density at radius 3 is 2.72 bits per heavy atom. The predicted octanol–water partition coefficient (Wildman–Crippen LogP) is 3.18. The fourth-order valence-electron chi connectivity index (χ4n) is 5.18. The first kappa shape index (κ1) is 12.7. The molecule has 0 bridgehead atoms. The van der Waals surface area contributed by atoms with Crippen LogP contribution in [-0.4, -0.2) is 17.0 Å². The number of fused-ring (bicyclic) bond motifs is 3. The predicted molar refractivity (Wildman–Crippen MR) is 71.1 cm³/mol. The maximum Gasteiger partial charge on any atom is 0.139 e. The van der Waals surface area contributed by atoms with Crippen LogP contribution in [0.25, 0.3) is 0 Å². The maximum atomic E-state index is 12.4. The van der Waals surface area contributed by atoms with Gasteiger partial charge in [-0.25, -0.2) is 0 Å². The van der Waals surface area contributed by atoms with Crippen molar-refractivity contribution >= 4 is 5.78 Å². The third-order valence-corrected chi connectivity index (χ3v) is 6.43. The van der Waals surface area contributed by atoms with Crippen molar-refractivity contribution in [1.82, 2.24) is 0 Å². The Morgan fingerprint density at radius 2 is 1.94 bits per heavy atom. The summed E-state index contributed by atoms with van der Waals surface area (Å²) in [7, 11) is 0. The summed E-state index contributed by atoms with van der Waals surface area (Å²) in [5, 5.41) is 9.89. The lowest BCUT2D eigenvalue weighted by Gasteiger charge is -2.56. The molecule has 3 fully saturated rings. The van der Waals surface area contributed by atoms with Crippen molar-refractivity contribution < 1.29 is 9.90 Å². The van der Waals surface area contributed by atoms with E-state index in [2.05, 4.69) is 13.8 Å². The molecule has 1 N–H and O–H groups in total. The second-order valence-electron chi connectivity index (χ2n) is 7.30. The van der Waals surface area contributed by atoms with Crippen LogP contribution in [0, 0.1) is 29.1 Å². The van der Waals surface area contributed by atoms with E-state index in [-0.39, 0.29) is 6.10 Å². The first-order valence-electron chi connectivity index (χ1n) is 7.74. The Labute approximate surface area is 110 Å². The van der Waals surface area contributed by atoms with E-state index >= 15 is 0 Å². The minimum Gasteiger partial charge on any atom is -0.393 e. The molecule has 3 aliphatic rings. The van der Waals surface area contributed by atoms with Gasteiger partial charge in [0.25, 0.3) is 0 Å². The second-order valence-corrected chi connectivity index (χ2v) is 7.30. The topological polar surface area (TPSA) is 37.3 Å². The largest absolute Gasteiger partial charge is 0.393 e. The highest BCUT2D eigenvalue weighted by Gasteiger charge is 2.53. The molecule has 0 unspecified atom stereocenters. The molecule has 0 aromatic rings. The van der Waals surface area contributed by atoms with Crippen molar-refractivity contribution in [3.8, 4) is 0 Å². The Morgan fingerprint density at radius 1 is 1.17 bits per heavy atom. The van der Waals surface area contributed by atoms with Crippen molar-refractivity contribution in [3.63, 3.8) is 0 Å².